The Balaban J connectivity index is 1.56. The third-order valence-corrected chi connectivity index (χ3v) is 5.83. The van der Waals surface area contributed by atoms with Crippen LogP contribution in [-0.2, 0) is 7.05 Å². The minimum absolute atomic E-state index is 0.122. The predicted octanol–water partition coefficient (Wildman–Crippen LogP) is 2.28. The van der Waals surface area contributed by atoms with Crippen LogP contribution in [0.1, 0.15) is 0 Å². The summed E-state index contributed by atoms with van der Waals surface area (Å²) in [5.41, 5.74) is 1.77. The number of rotatable bonds is 3. The zero-order valence-electron chi connectivity index (χ0n) is 14.2. The van der Waals surface area contributed by atoms with Crippen molar-refractivity contribution in [3.63, 3.8) is 0 Å². The number of aryl methyl sites for hydroxylation is 1. The fourth-order valence-corrected chi connectivity index (χ4v) is 4.21. The van der Waals surface area contributed by atoms with Gasteiger partial charge in [0.1, 0.15) is 5.65 Å². The number of aromatic nitrogens is 3. The molecule has 2 aromatic heterocycles. The van der Waals surface area contributed by atoms with Crippen molar-refractivity contribution in [2.75, 3.05) is 18.4 Å². The van der Waals surface area contributed by atoms with Crippen molar-refractivity contribution in [2.45, 2.75) is 6.04 Å². The first-order valence-corrected chi connectivity index (χ1v) is 9.10. The SMILES string of the molecule is Cn1c(=O)c(-c2ccccc2Cl)cc2cnc(NC3C4CNCC43)nc21. The summed E-state index contributed by atoms with van der Waals surface area (Å²) in [5.74, 6) is 1.92. The third-order valence-electron chi connectivity index (χ3n) is 5.50. The molecule has 2 atom stereocenters. The Hall–Kier alpha value is -2.44. The van der Waals surface area contributed by atoms with Crippen molar-refractivity contribution in [1.82, 2.24) is 19.9 Å². The van der Waals surface area contributed by atoms with E-state index in [1.54, 1.807) is 23.9 Å². The molecule has 2 aliphatic rings. The molecule has 2 N–H and O–H groups in total. The molecule has 1 saturated carbocycles. The highest BCUT2D eigenvalue weighted by Crippen LogP contribution is 2.43. The van der Waals surface area contributed by atoms with Gasteiger partial charge in [0.25, 0.3) is 5.56 Å². The van der Waals surface area contributed by atoms with Crippen molar-refractivity contribution in [3.05, 3.63) is 51.9 Å². The van der Waals surface area contributed by atoms with Gasteiger partial charge in [-0.3, -0.25) is 9.36 Å². The molecule has 7 heteroatoms. The summed E-state index contributed by atoms with van der Waals surface area (Å²) in [5, 5.41) is 8.15. The molecular formula is C19H18ClN5O. The maximum Gasteiger partial charge on any atom is 0.259 e. The number of nitrogens with one attached hydrogen (secondary N) is 2. The molecule has 0 bridgehead atoms. The van der Waals surface area contributed by atoms with E-state index in [2.05, 4.69) is 20.6 Å². The van der Waals surface area contributed by atoms with Crippen LogP contribution in [-0.4, -0.2) is 33.7 Å². The average molecular weight is 368 g/mol. The van der Waals surface area contributed by atoms with E-state index in [1.807, 2.05) is 24.3 Å². The quantitative estimate of drug-likeness (QED) is 0.743. The largest absolute Gasteiger partial charge is 0.351 e. The monoisotopic (exact) mass is 367 g/mol. The van der Waals surface area contributed by atoms with Crippen LogP contribution < -0.4 is 16.2 Å². The van der Waals surface area contributed by atoms with Crippen LogP contribution in [0.3, 0.4) is 0 Å². The molecule has 5 rings (SSSR count). The van der Waals surface area contributed by atoms with Gasteiger partial charge in [-0.25, -0.2) is 4.98 Å². The predicted molar refractivity (Wildman–Crippen MR) is 102 cm³/mol. The van der Waals surface area contributed by atoms with Crippen molar-refractivity contribution < 1.29 is 0 Å². The van der Waals surface area contributed by atoms with Gasteiger partial charge < -0.3 is 10.6 Å². The zero-order valence-corrected chi connectivity index (χ0v) is 15.0. The number of nitrogens with zero attached hydrogens (tertiary/aromatic N) is 3. The second-order valence-corrected chi connectivity index (χ2v) is 7.44. The molecule has 2 unspecified atom stereocenters. The van der Waals surface area contributed by atoms with Crippen LogP contribution in [0.5, 0.6) is 0 Å². The number of pyridine rings is 1. The Kier molecular flexibility index (Phi) is 3.52. The number of piperidine rings is 1. The van der Waals surface area contributed by atoms with Crippen LogP contribution in [0.4, 0.5) is 5.95 Å². The summed E-state index contributed by atoms with van der Waals surface area (Å²) in [7, 11) is 1.73. The first-order chi connectivity index (χ1) is 12.6. The summed E-state index contributed by atoms with van der Waals surface area (Å²) in [4.78, 5) is 21.9. The first kappa shape index (κ1) is 15.8. The Morgan fingerprint density at radius 2 is 2.00 bits per heavy atom. The number of fused-ring (bicyclic) bond motifs is 2. The summed E-state index contributed by atoms with van der Waals surface area (Å²) in [6.45, 7) is 2.10. The van der Waals surface area contributed by atoms with Gasteiger partial charge in [0.15, 0.2) is 0 Å². The molecular weight excluding hydrogens is 350 g/mol. The number of anilines is 1. The van der Waals surface area contributed by atoms with E-state index >= 15 is 0 Å². The Morgan fingerprint density at radius 3 is 2.77 bits per heavy atom. The van der Waals surface area contributed by atoms with E-state index in [4.69, 9.17) is 11.6 Å². The van der Waals surface area contributed by atoms with Crippen LogP contribution >= 0.6 is 11.6 Å². The van der Waals surface area contributed by atoms with Crippen LogP contribution in [0, 0.1) is 11.8 Å². The second kappa shape index (κ2) is 5.79. The average Bonchev–Trinajstić information content (AvgIpc) is 3.06. The summed E-state index contributed by atoms with van der Waals surface area (Å²) >= 11 is 6.28. The molecule has 0 spiro atoms. The summed E-state index contributed by atoms with van der Waals surface area (Å²) < 4.78 is 1.57. The van der Waals surface area contributed by atoms with Crippen LogP contribution in [0.2, 0.25) is 5.02 Å². The third kappa shape index (κ3) is 2.40. The van der Waals surface area contributed by atoms with E-state index in [0.29, 0.717) is 40.1 Å². The molecule has 26 heavy (non-hydrogen) atoms. The van der Waals surface area contributed by atoms with Crippen molar-refractivity contribution >= 4 is 28.6 Å². The lowest BCUT2D eigenvalue weighted by Gasteiger charge is -2.11. The van der Waals surface area contributed by atoms with Gasteiger partial charge in [-0.1, -0.05) is 29.8 Å². The second-order valence-electron chi connectivity index (χ2n) is 7.03. The Bertz CT molecular complexity index is 1070. The molecule has 0 radical (unpaired) electrons. The molecule has 1 aromatic carbocycles. The topological polar surface area (TPSA) is 71.8 Å². The lowest BCUT2D eigenvalue weighted by molar-refractivity contribution is 0.693. The molecule has 3 aromatic rings. The van der Waals surface area contributed by atoms with E-state index in [1.165, 1.54) is 0 Å². The molecule has 0 amide bonds. The molecule has 1 saturated heterocycles. The maximum absolute atomic E-state index is 12.9. The number of halogens is 1. The van der Waals surface area contributed by atoms with E-state index in [0.717, 1.165) is 24.0 Å². The van der Waals surface area contributed by atoms with Gasteiger partial charge >= 0.3 is 0 Å². The van der Waals surface area contributed by atoms with E-state index in [-0.39, 0.29) is 5.56 Å². The number of hydrogen-bond acceptors (Lipinski definition) is 5. The van der Waals surface area contributed by atoms with Gasteiger partial charge in [0.2, 0.25) is 5.95 Å². The highest BCUT2D eigenvalue weighted by atomic mass is 35.5. The first-order valence-electron chi connectivity index (χ1n) is 8.72. The standard InChI is InChI=1S/C19H18ClN5O/c1-25-17-10(6-12(18(25)26)11-4-2-3-5-15(11)20)7-22-19(24-17)23-16-13-8-21-9-14(13)16/h2-7,13-14,16,21H,8-9H2,1H3,(H,22,23,24). The fraction of sp³-hybridized carbons (Fsp3) is 0.316. The Morgan fingerprint density at radius 1 is 1.23 bits per heavy atom. The smallest absolute Gasteiger partial charge is 0.259 e. The molecule has 6 nitrogen and oxygen atoms in total. The lowest BCUT2D eigenvalue weighted by Crippen LogP contribution is -2.23. The highest BCUT2D eigenvalue weighted by molar-refractivity contribution is 6.33. The number of hydrogen-bond donors (Lipinski definition) is 2. The Labute approximate surface area is 155 Å². The van der Waals surface area contributed by atoms with Crippen molar-refractivity contribution in [1.29, 1.82) is 0 Å². The van der Waals surface area contributed by atoms with Crippen molar-refractivity contribution in [2.24, 2.45) is 18.9 Å². The van der Waals surface area contributed by atoms with Gasteiger partial charge in [-0.2, -0.15) is 4.98 Å². The minimum atomic E-state index is -0.122. The van der Waals surface area contributed by atoms with Gasteiger partial charge in [0.05, 0.1) is 0 Å². The van der Waals surface area contributed by atoms with E-state index in [9.17, 15) is 4.79 Å². The summed E-state index contributed by atoms with van der Waals surface area (Å²) in [6, 6.07) is 9.61. The van der Waals surface area contributed by atoms with E-state index < -0.39 is 0 Å². The lowest BCUT2D eigenvalue weighted by atomic mass is 10.1. The number of benzene rings is 1. The minimum Gasteiger partial charge on any atom is -0.351 e. The highest BCUT2D eigenvalue weighted by Gasteiger charge is 2.53. The van der Waals surface area contributed by atoms with Crippen LogP contribution in [0.15, 0.2) is 41.3 Å². The molecule has 1 aliphatic carbocycles. The van der Waals surface area contributed by atoms with Gasteiger partial charge in [-0.05, 0) is 24.0 Å². The zero-order chi connectivity index (χ0) is 17.8. The molecule has 3 heterocycles. The van der Waals surface area contributed by atoms with Gasteiger partial charge in [0, 0.05) is 53.9 Å². The maximum atomic E-state index is 12.9. The summed E-state index contributed by atoms with van der Waals surface area (Å²) in [6.07, 6.45) is 1.76. The van der Waals surface area contributed by atoms with Crippen LogP contribution in [0.25, 0.3) is 22.2 Å². The molecule has 2 fully saturated rings. The molecule has 1 aliphatic heterocycles. The molecule has 132 valence electrons. The van der Waals surface area contributed by atoms with Gasteiger partial charge in [-0.15, -0.1) is 0 Å². The normalized spacial score (nSPS) is 23.8. The van der Waals surface area contributed by atoms with Crippen molar-refractivity contribution in [3.8, 4) is 11.1 Å². The fourth-order valence-electron chi connectivity index (χ4n) is 3.97.